The molecular weight excluding hydrogens is 382 g/mol. The van der Waals surface area contributed by atoms with E-state index in [0.717, 1.165) is 10.4 Å². The first-order valence-electron chi connectivity index (χ1n) is 8.34. The van der Waals surface area contributed by atoms with Crippen LogP contribution in [-0.4, -0.2) is 44.0 Å². The lowest BCUT2D eigenvalue weighted by Crippen LogP contribution is -2.31. The van der Waals surface area contributed by atoms with Crippen LogP contribution >= 0.6 is 11.3 Å². The predicted molar refractivity (Wildman–Crippen MR) is 102 cm³/mol. The highest BCUT2D eigenvalue weighted by atomic mass is 32.1. The first-order valence-corrected chi connectivity index (χ1v) is 9.28. The van der Waals surface area contributed by atoms with E-state index >= 15 is 0 Å². The number of thiophene rings is 1. The largest absolute Gasteiger partial charge is 0.451 e. The van der Waals surface area contributed by atoms with Gasteiger partial charge >= 0.3 is 5.97 Å². The number of ether oxygens (including phenoxy) is 1. The smallest absolute Gasteiger partial charge is 0.330 e. The van der Waals surface area contributed by atoms with Crippen molar-refractivity contribution < 1.29 is 19.1 Å². The van der Waals surface area contributed by atoms with Crippen LogP contribution in [0.4, 0.5) is 5.69 Å². The lowest BCUT2D eigenvalue weighted by molar-refractivity contribution is -0.154. The summed E-state index contributed by atoms with van der Waals surface area (Å²) in [5.41, 5.74) is 1.73. The van der Waals surface area contributed by atoms with Gasteiger partial charge in [0.15, 0.2) is 18.4 Å². The molecule has 3 aromatic rings. The molecule has 0 fully saturated rings. The fourth-order valence-electron chi connectivity index (χ4n) is 2.28. The van der Waals surface area contributed by atoms with Gasteiger partial charge in [0.05, 0.1) is 0 Å². The Labute approximate surface area is 164 Å². The van der Waals surface area contributed by atoms with Crippen molar-refractivity contribution in [2.45, 2.75) is 26.5 Å². The summed E-state index contributed by atoms with van der Waals surface area (Å²) in [6, 6.07) is 8.35. The molecule has 2 aromatic heterocycles. The van der Waals surface area contributed by atoms with Crippen LogP contribution in [0, 0.1) is 0 Å². The molecular formula is C18H17N5O4S. The second kappa shape index (κ2) is 8.53. The predicted octanol–water partition coefficient (Wildman–Crippen LogP) is 2.17. The van der Waals surface area contributed by atoms with Gasteiger partial charge in [-0.3, -0.25) is 9.59 Å². The Morgan fingerprint density at radius 2 is 2.11 bits per heavy atom. The molecule has 2 heterocycles. The van der Waals surface area contributed by atoms with Crippen molar-refractivity contribution in [2.75, 3.05) is 5.32 Å². The van der Waals surface area contributed by atoms with Gasteiger partial charge in [-0.05, 0) is 42.6 Å². The van der Waals surface area contributed by atoms with Crippen LogP contribution in [0.2, 0.25) is 0 Å². The van der Waals surface area contributed by atoms with Crippen molar-refractivity contribution >= 4 is 34.7 Å². The number of esters is 1. The monoisotopic (exact) mass is 399 g/mol. The molecule has 144 valence electrons. The number of carbonyl (C=O) groups is 3. The maximum Gasteiger partial charge on any atom is 0.330 e. The molecule has 1 atom stereocenters. The standard InChI is InChI=1S/C18H17N5O4S/c1-11(24)13-4-3-5-15(8-13)19-18(26)12(2)27-16(25)9-23-21-17(20-22-23)14-6-7-28-10-14/h3-8,10,12H,9H2,1-2H3,(H,19,26)/t12-/m0/s1. The third-order valence-electron chi connectivity index (χ3n) is 3.72. The zero-order valence-electron chi connectivity index (χ0n) is 15.2. The summed E-state index contributed by atoms with van der Waals surface area (Å²) in [4.78, 5) is 36.8. The van der Waals surface area contributed by atoms with Crippen molar-refractivity contribution in [1.82, 2.24) is 20.2 Å². The second-order valence-electron chi connectivity index (χ2n) is 5.91. The molecule has 9 nitrogen and oxygen atoms in total. The summed E-state index contributed by atoms with van der Waals surface area (Å²) in [7, 11) is 0. The topological polar surface area (TPSA) is 116 Å². The van der Waals surface area contributed by atoms with Crippen LogP contribution in [0.5, 0.6) is 0 Å². The van der Waals surface area contributed by atoms with Gasteiger partial charge in [0, 0.05) is 22.2 Å². The molecule has 0 unspecified atom stereocenters. The number of ketones is 1. The van der Waals surface area contributed by atoms with Gasteiger partial charge in [0.25, 0.3) is 5.91 Å². The van der Waals surface area contributed by atoms with Gasteiger partial charge < -0.3 is 10.1 Å². The highest BCUT2D eigenvalue weighted by Gasteiger charge is 2.19. The van der Waals surface area contributed by atoms with E-state index in [1.807, 2.05) is 16.8 Å². The number of aromatic nitrogens is 4. The minimum atomic E-state index is -1.03. The highest BCUT2D eigenvalue weighted by molar-refractivity contribution is 7.08. The Balaban J connectivity index is 1.54. The summed E-state index contributed by atoms with van der Waals surface area (Å²) in [5.74, 6) is -0.892. The molecule has 0 saturated carbocycles. The van der Waals surface area contributed by atoms with Crippen LogP contribution in [0.1, 0.15) is 24.2 Å². The molecule has 0 aliphatic carbocycles. The lowest BCUT2D eigenvalue weighted by atomic mass is 10.1. The number of amides is 1. The van der Waals surface area contributed by atoms with Gasteiger partial charge in [0.2, 0.25) is 5.82 Å². The van der Waals surface area contributed by atoms with Crippen LogP contribution in [-0.2, 0) is 20.9 Å². The molecule has 0 bridgehead atoms. The van der Waals surface area contributed by atoms with E-state index in [1.54, 1.807) is 24.3 Å². The maximum absolute atomic E-state index is 12.2. The molecule has 1 N–H and O–H groups in total. The number of hydrogen-bond acceptors (Lipinski definition) is 8. The summed E-state index contributed by atoms with van der Waals surface area (Å²) >= 11 is 1.50. The second-order valence-corrected chi connectivity index (χ2v) is 6.69. The normalized spacial score (nSPS) is 11.6. The molecule has 3 rings (SSSR count). The van der Waals surface area contributed by atoms with Crippen LogP contribution in [0.25, 0.3) is 11.4 Å². The molecule has 1 amide bonds. The molecule has 1 aromatic carbocycles. The number of Topliss-reactive ketones (excluding diaryl/α,β-unsaturated/α-hetero) is 1. The molecule has 0 aliphatic rings. The van der Waals surface area contributed by atoms with Crippen LogP contribution < -0.4 is 5.32 Å². The summed E-state index contributed by atoms with van der Waals surface area (Å²) in [6.07, 6.45) is -1.03. The van der Waals surface area contributed by atoms with E-state index in [-0.39, 0.29) is 12.3 Å². The number of anilines is 1. The van der Waals surface area contributed by atoms with Crippen molar-refractivity contribution in [2.24, 2.45) is 0 Å². The lowest BCUT2D eigenvalue weighted by Gasteiger charge is -2.13. The Bertz CT molecular complexity index is 999. The average molecular weight is 399 g/mol. The number of nitrogens with zero attached hydrogens (tertiary/aromatic N) is 4. The van der Waals surface area contributed by atoms with Gasteiger partial charge in [-0.2, -0.15) is 16.1 Å². The van der Waals surface area contributed by atoms with Crippen molar-refractivity contribution in [1.29, 1.82) is 0 Å². The van der Waals surface area contributed by atoms with Crippen molar-refractivity contribution in [3.8, 4) is 11.4 Å². The van der Waals surface area contributed by atoms with E-state index in [0.29, 0.717) is 17.1 Å². The van der Waals surface area contributed by atoms with E-state index in [1.165, 1.54) is 25.2 Å². The molecule has 10 heteroatoms. The zero-order valence-corrected chi connectivity index (χ0v) is 16.0. The van der Waals surface area contributed by atoms with Crippen LogP contribution in [0.3, 0.4) is 0 Å². The molecule has 0 aliphatic heterocycles. The Hall–Kier alpha value is -3.40. The number of rotatable bonds is 7. The third kappa shape index (κ3) is 4.86. The SMILES string of the molecule is CC(=O)c1cccc(NC(=O)[C@H](C)OC(=O)Cn2nnc(-c3ccsc3)n2)c1. The Kier molecular flexibility index (Phi) is 5.90. The summed E-state index contributed by atoms with van der Waals surface area (Å²) in [5, 5.41) is 18.2. The molecule has 0 spiro atoms. The minimum absolute atomic E-state index is 0.113. The van der Waals surface area contributed by atoms with Crippen LogP contribution in [0.15, 0.2) is 41.1 Å². The molecule has 28 heavy (non-hydrogen) atoms. The maximum atomic E-state index is 12.2. The first kappa shape index (κ1) is 19.4. The van der Waals surface area contributed by atoms with Gasteiger partial charge in [0.1, 0.15) is 0 Å². The Morgan fingerprint density at radius 1 is 1.29 bits per heavy atom. The quantitative estimate of drug-likeness (QED) is 0.478. The zero-order chi connectivity index (χ0) is 20.1. The summed E-state index contributed by atoms with van der Waals surface area (Å²) < 4.78 is 5.12. The molecule has 0 saturated heterocycles. The number of nitrogens with one attached hydrogen (secondary N) is 1. The number of carbonyl (C=O) groups excluding carboxylic acids is 3. The van der Waals surface area contributed by atoms with E-state index in [2.05, 4.69) is 20.7 Å². The van der Waals surface area contributed by atoms with E-state index in [4.69, 9.17) is 4.74 Å². The number of hydrogen-bond donors (Lipinski definition) is 1. The minimum Gasteiger partial charge on any atom is -0.451 e. The van der Waals surface area contributed by atoms with E-state index in [9.17, 15) is 14.4 Å². The average Bonchev–Trinajstić information content (AvgIpc) is 3.33. The van der Waals surface area contributed by atoms with Gasteiger partial charge in [-0.1, -0.05) is 12.1 Å². The first-order chi connectivity index (χ1) is 13.4. The number of tetrazole rings is 1. The molecule has 0 radical (unpaired) electrons. The fraction of sp³-hybridized carbons (Fsp3) is 0.222. The van der Waals surface area contributed by atoms with Crippen molar-refractivity contribution in [3.05, 3.63) is 46.7 Å². The van der Waals surface area contributed by atoms with Gasteiger partial charge in [-0.25, -0.2) is 4.79 Å². The number of benzene rings is 1. The third-order valence-corrected chi connectivity index (χ3v) is 4.40. The Morgan fingerprint density at radius 3 is 2.82 bits per heavy atom. The highest BCUT2D eigenvalue weighted by Crippen LogP contribution is 2.16. The summed E-state index contributed by atoms with van der Waals surface area (Å²) in [6.45, 7) is 2.62. The van der Waals surface area contributed by atoms with Crippen molar-refractivity contribution in [3.63, 3.8) is 0 Å². The fourth-order valence-corrected chi connectivity index (χ4v) is 2.92. The van der Waals surface area contributed by atoms with Gasteiger partial charge in [-0.15, -0.1) is 10.2 Å². The van der Waals surface area contributed by atoms with E-state index < -0.39 is 18.0 Å².